The number of fused-ring (bicyclic) bond motifs is 3. The maximum Gasteiger partial charge on any atom is 0.261 e. The zero-order chi connectivity index (χ0) is 23.9. The number of benzene rings is 3. The summed E-state index contributed by atoms with van der Waals surface area (Å²) in [6.45, 7) is 1.97. The van der Waals surface area contributed by atoms with Crippen molar-refractivity contribution < 1.29 is 4.79 Å². The molecule has 0 aliphatic carbocycles. The topological polar surface area (TPSA) is 114 Å². The van der Waals surface area contributed by atoms with E-state index in [4.69, 9.17) is 15.7 Å². The summed E-state index contributed by atoms with van der Waals surface area (Å²) < 4.78 is 1.47. The number of nitrogens with two attached hydrogens (primary N) is 1. The molecule has 1 amide bonds. The summed E-state index contributed by atoms with van der Waals surface area (Å²) in [6.07, 6.45) is 3.58. The molecule has 8 heteroatoms. The number of aromatic nitrogens is 4. The summed E-state index contributed by atoms with van der Waals surface area (Å²) in [6, 6.07) is 23.0. The van der Waals surface area contributed by atoms with Gasteiger partial charge < -0.3 is 16.0 Å². The van der Waals surface area contributed by atoms with Crippen LogP contribution in [0.15, 0.2) is 84.1 Å². The molecular formula is C27H21N7O. The van der Waals surface area contributed by atoms with E-state index in [0.29, 0.717) is 27.9 Å². The number of aryl methyl sites for hydroxylation is 1. The number of nitrogens with one attached hydrogen (secondary N) is 2. The Bertz CT molecular complexity index is 1780. The van der Waals surface area contributed by atoms with Crippen molar-refractivity contribution in [3.8, 4) is 0 Å². The number of hydrogen-bond acceptors (Lipinski definition) is 5. The van der Waals surface area contributed by atoms with Crippen LogP contribution in [0.3, 0.4) is 0 Å². The number of nitrogen functional groups attached to an aromatic ring is 1. The van der Waals surface area contributed by atoms with Gasteiger partial charge in [-0.15, -0.1) is 0 Å². The fraction of sp³-hybridized carbons (Fsp3) is 0.0370. The molecule has 0 saturated carbocycles. The van der Waals surface area contributed by atoms with Gasteiger partial charge in [-0.3, -0.25) is 4.79 Å². The molecule has 6 aromatic rings. The Hall–Kier alpha value is -4.98. The number of anilines is 2. The lowest BCUT2D eigenvalue weighted by Crippen LogP contribution is -2.14. The van der Waals surface area contributed by atoms with Gasteiger partial charge in [0, 0.05) is 28.4 Å². The fourth-order valence-corrected chi connectivity index (χ4v) is 4.23. The standard InChI is InChI=1S/C27H21N7O/c1-16-7-6-8-18(13-16)31-27(35)23-24-26(33-22-12-5-4-11-21(22)32-24)34(25(23)28)30-15-17-14-29-20-10-3-2-9-19(17)20/h2-15,29H,28H2,1H3,(H,31,35)/b30-15-. The molecule has 0 unspecified atom stereocenters. The number of hydrogen-bond donors (Lipinski definition) is 3. The molecule has 0 bridgehead atoms. The zero-order valence-corrected chi connectivity index (χ0v) is 18.9. The number of carbonyl (C=O) groups excluding carboxylic acids is 1. The lowest BCUT2D eigenvalue weighted by molar-refractivity contribution is 0.102. The van der Waals surface area contributed by atoms with Crippen molar-refractivity contribution in [1.82, 2.24) is 19.6 Å². The number of rotatable bonds is 4. The summed E-state index contributed by atoms with van der Waals surface area (Å²) in [4.78, 5) is 26.1. The molecule has 0 fully saturated rings. The van der Waals surface area contributed by atoms with Gasteiger partial charge in [0.2, 0.25) is 0 Å². The minimum Gasteiger partial charge on any atom is -0.383 e. The number of para-hydroxylation sites is 3. The Morgan fingerprint density at radius 3 is 2.63 bits per heavy atom. The predicted molar refractivity (Wildman–Crippen MR) is 140 cm³/mol. The van der Waals surface area contributed by atoms with Crippen LogP contribution in [0.4, 0.5) is 11.5 Å². The highest BCUT2D eigenvalue weighted by Crippen LogP contribution is 2.29. The molecule has 3 heterocycles. The van der Waals surface area contributed by atoms with E-state index in [1.807, 2.05) is 85.9 Å². The SMILES string of the molecule is Cc1cccc(NC(=O)c2c(N)n(/N=C\c3c[nH]c4ccccc34)c3nc4ccccc4nc23)c1. The quantitative estimate of drug-likeness (QED) is 0.319. The third-order valence-electron chi connectivity index (χ3n) is 5.91. The largest absolute Gasteiger partial charge is 0.383 e. The van der Waals surface area contributed by atoms with E-state index in [0.717, 1.165) is 22.0 Å². The number of H-pyrrole nitrogens is 1. The Kier molecular flexibility index (Phi) is 4.77. The molecule has 0 aliphatic heterocycles. The first-order valence-corrected chi connectivity index (χ1v) is 11.1. The fourth-order valence-electron chi connectivity index (χ4n) is 4.23. The molecule has 35 heavy (non-hydrogen) atoms. The first kappa shape index (κ1) is 20.6. The highest BCUT2D eigenvalue weighted by molar-refractivity contribution is 6.16. The number of aromatic amines is 1. The molecule has 0 aliphatic rings. The van der Waals surface area contributed by atoms with E-state index >= 15 is 0 Å². The van der Waals surface area contributed by atoms with Crippen LogP contribution in [0.2, 0.25) is 0 Å². The number of carbonyl (C=O) groups is 1. The van der Waals surface area contributed by atoms with E-state index in [1.54, 1.807) is 6.21 Å². The van der Waals surface area contributed by atoms with Gasteiger partial charge in [-0.05, 0) is 42.8 Å². The van der Waals surface area contributed by atoms with Crippen molar-refractivity contribution in [2.45, 2.75) is 6.92 Å². The summed E-state index contributed by atoms with van der Waals surface area (Å²) in [5.74, 6) is -0.208. The van der Waals surface area contributed by atoms with Crippen molar-refractivity contribution in [2.75, 3.05) is 11.1 Å². The van der Waals surface area contributed by atoms with Crippen LogP contribution in [-0.2, 0) is 0 Å². The van der Waals surface area contributed by atoms with Crippen molar-refractivity contribution in [3.05, 3.63) is 95.7 Å². The highest BCUT2D eigenvalue weighted by Gasteiger charge is 2.24. The van der Waals surface area contributed by atoms with Crippen LogP contribution < -0.4 is 11.1 Å². The molecule has 170 valence electrons. The second-order valence-corrected chi connectivity index (χ2v) is 8.31. The Labute approximate surface area is 200 Å². The van der Waals surface area contributed by atoms with Crippen LogP contribution in [0, 0.1) is 6.92 Å². The molecule has 8 nitrogen and oxygen atoms in total. The van der Waals surface area contributed by atoms with Gasteiger partial charge in [-0.25, -0.2) is 9.97 Å². The zero-order valence-electron chi connectivity index (χ0n) is 18.9. The lowest BCUT2D eigenvalue weighted by atomic mass is 10.2. The highest BCUT2D eigenvalue weighted by atomic mass is 16.1. The average molecular weight is 460 g/mol. The molecule has 0 radical (unpaired) electrons. The van der Waals surface area contributed by atoms with E-state index in [-0.39, 0.29) is 17.3 Å². The van der Waals surface area contributed by atoms with Crippen LogP contribution in [0.5, 0.6) is 0 Å². The Morgan fingerprint density at radius 2 is 1.80 bits per heavy atom. The summed E-state index contributed by atoms with van der Waals surface area (Å²) in [7, 11) is 0. The molecule has 3 aromatic carbocycles. The van der Waals surface area contributed by atoms with Gasteiger partial charge >= 0.3 is 0 Å². The van der Waals surface area contributed by atoms with Crippen molar-refractivity contribution >= 4 is 56.7 Å². The third kappa shape index (κ3) is 3.57. The van der Waals surface area contributed by atoms with Gasteiger partial charge in [-0.2, -0.15) is 9.78 Å². The lowest BCUT2D eigenvalue weighted by Gasteiger charge is -2.06. The molecular weight excluding hydrogens is 438 g/mol. The second-order valence-electron chi connectivity index (χ2n) is 8.31. The summed E-state index contributed by atoms with van der Waals surface area (Å²) in [5, 5.41) is 8.58. The van der Waals surface area contributed by atoms with E-state index in [2.05, 4.69) is 15.4 Å². The third-order valence-corrected chi connectivity index (χ3v) is 5.91. The Morgan fingerprint density at radius 1 is 1.03 bits per heavy atom. The normalized spacial score (nSPS) is 11.7. The van der Waals surface area contributed by atoms with Gasteiger partial charge in [-0.1, -0.05) is 42.5 Å². The maximum atomic E-state index is 13.4. The van der Waals surface area contributed by atoms with Crippen LogP contribution >= 0.6 is 0 Å². The van der Waals surface area contributed by atoms with Crippen LogP contribution in [0.25, 0.3) is 33.1 Å². The Balaban J connectivity index is 1.51. The number of nitrogens with zero attached hydrogens (tertiary/aromatic N) is 4. The van der Waals surface area contributed by atoms with E-state index in [1.165, 1.54) is 4.68 Å². The number of amides is 1. The van der Waals surface area contributed by atoms with Gasteiger partial charge in [0.15, 0.2) is 5.65 Å². The molecule has 0 atom stereocenters. The van der Waals surface area contributed by atoms with Crippen LogP contribution in [-0.4, -0.2) is 31.7 Å². The maximum absolute atomic E-state index is 13.4. The van der Waals surface area contributed by atoms with Gasteiger partial charge in [0.25, 0.3) is 5.91 Å². The minimum atomic E-state index is -0.372. The monoisotopic (exact) mass is 459 g/mol. The first-order valence-electron chi connectivity index (χ1n) is 11.1. The minimum absolute atomic E-state index is 0.163. The summed E-state index contributed by atoms with van der Waals surface area (Å²) >= 11 is 0. The molecule has 3 aromatic heterocycles. The molecule has 4 N–H and O–H groups in total. The smallest absolute Gasteiger partial charge is 0.261 e. The first-order chi connectivity index (χ1) is 17.1. The van der Waals surface area contributed by atoms with Gasteiger partial charge in [0.1, 0.15) is 16.9 Å². The van der Waals surface area contributed by atoms with Gasteiger partial charge in [0.05, 0.1) is 17.2 Å². The summed E-state index contributed by atoms with van der Waals surface area (Å²) in [5.41, 5.74) is 12.5. The van der Waals surface area contributed by atoms with E-state index in [9.17, 15) is 4.79 Å². The average Bonchev–Trinajstić information content (AvgIpc) is 3.39. The van der Waals surface area contributed by atoms with Crippen molar-refractivity contribution in [1.29, 1.82) is 0 Å². The van der Waals surface area contributed by atoms with Crippen molar-refractivity contribution in [2.24, 2.45) is 5.10 Å². The van der Waals surface area contributed by atoms with E-state index < -0.39 is 0 Å². The molecule has 0 spiro atoms. The molecule has 6 rings (SSSR count). The molecule has 0 saturated heterocycles. The van der Waals surface area contributed by atoms with Crippen molar-refractivity contribution in [3.63, 3.8) is 0 Å². The second kappa shape index (κ2) is 8.11. The van der Waals surface area contributed by atoms with Crippen LogP contribution in [0.1, 0.15) is 21.5 Å². The predicted octanol–water partition coefficient (Wildman–Crippen LogP) is 5.09.